The third-order valence-corrected chi connectivity index (χ3v) is 2.31. The summed E-state index contributed by atoms with van der Waals surface area (Å²) in [6.45, 7) is 1.94. The predicted octanol–water partition coefficient (Wildman–Crippen LogP) is 1.90. The lowest BCUT2D eigenvalue weighted by atomic mass is 10.1. The monoisotopic (exact) mass is 240 g/mol. The standard InChI is InChI=1S/C12H17FN2O2/c1-3-4-11(14)12(16)15-9-5-8(13)6-10(7-9)17-2/h5-7,11H,3-4,14H2,1-2H3,(H,15,16)/t11-/m1/s1. The summed E-state index contributed by atoms with van der Waals surface area (Å²) in [5.41, 5.74) is 5.99. The van der Waals surface area contributed by atoms with E-state index in [4.69, 9.17) is 10.5 Å². The molecule has 1 atom stereocenters. The maximum Gasteiger partial charge on any atom is 0.241 e. The molecule has 0 aromatic heterocycles. The molecular formula is C12H17FN2O2. The zero-order valence-electron chi connectivity index (χ0n) is 10.00. The zero-order chi connectivity index (χ0) is 12.8. The van der Waals surface area contributed by atoms with E-state index >= 15 is 0 Å². The smallest absolute Gasteiger partial charge is 0.241 e. The zero-order valence-corrected chi connectivity index (χ0v) is 10.00. The molecule has 0 saturated carbocycles. The van der Waals surface area contributed by atoms with Gasteiger partial charge in [0.25, 0.3) is 0 Å². The molecule has 0 bridgehead atoms. The van der Waals surface area contributed by atoms with Crippen molar-refractivity contribution in [3.8, 4) is 5.75 Å². The van der Waals surface area contributed by atoms with Crippen LogP contribution in [0.25, 0.3) is 0 Å². The molecule has 1 rings (SSSR count). The molecule has 1 amide bonds. The first-order valence-corrected chi connectivity index (χ1v) is 5.47. The number of amides is 1. The molecule has 4 nitrogen and oxygen atoms in total. The summed E-state index contributed by atoms with van der Waals surface area (Å²) in [6.07, 6.45) is 1.42. The van der Waals surface area contributed by atoms with Gasteiger partial charge in [-0.2, -0.15) is 0 Å². The van der Waals surface area contributed by atoms with Crippen LogP contribution in [-0.4, -0.2) is 19.1 Å². The fourth-order valence-corrected chi connectivity index (χ4v) is 1.43. The summed E-state index contributed by atoms with van der Waals surface area (Å²) in [7, 11) is 1.43. The lowest BCUT2D eigenvalue weighted by molar-refractivity contribution is -0.117. The summed E-state index contributed by atoms with van der Waals surface area (Å²) < 4.78 is 18.1. The van der Waals surface area contributed by atoms with E-state index in [1.54, 1.807) is 6.07 Å². The maximum absolute atomic E-state index is 13.2. The quantitative estimate of drug-likeness (QED) is 0.826. The van der Waals surface area contributed by atoms with Crippen LogP contribution in [0.15, 0.2) is 18.2 Å². The van der Waals surface area contributed by atoms with Crippen LogP contribution >= 0.6 is 0 Å². The first-order valence-electron chi connectivity index (χ1n) is 5.47. The number of methoxy groups -OCH3 is 1. The summed E-state index contributed by atoms with van der Waals surface area (Å²) in [5, 5.41) is 2.56. The van der Waals surface area contributed by atoms with Crippen LogP contribution in [0.3, 0.4) is 0 Å². The molecule has 17 heavy (non-hydrogen) atoms. The second-order valence-corrected chi connectivity index (χ2v) is 3.76. The van der Waals surface area contributed by atoms with Gasteiger partial charge >= 0.3 is 0 Å². The van der Waals surface area contributed by atoms with E-state index in [0.29, 0.717) is 17.9 Å². The molecule has 1 aromatic rings. The number of nitrogens with two attached hydrogens (primary N) is 1. The average Bonchev–Trinajstić information content (AvgIpc) is 2.28. The van der Waals surface area contributed by atoms with Crippen molar-refractivity contribution in [1.29, 1.82) is 0 Å². The third-order valence-electron chi connectivity index (χ3n) is 2.31. The number of carbonyl (C=O) groups is 1. The van der Waals surface area contributed by atoms with Gasteiger partial charge in [0.2, 0.25) is 5.91 Å². The van der Waals surface area contributed by atoms with Crippen molar-refractivity contribution in [1.82, 2.24) is 0 Å². The van der Waals surface area contributed by atoms with E-state index in [-0.39, 0.29) is 5.91 Å². The van der Waals surface area contributed by atoms with E-state index in [2.05, 4.69) is 5.32 Å². The van der Waals surface area contributed by atoms with Gasteiger partial charge in [0.05, 0.1) is 13.2 Å². The van der Waals surface area contributed by atoms with Crippen molar-refractivity contribution in [2.45, 2.75) is 25.8 Å². The van der Waals surface area contributed by atoms with Crippen LogP contribution < -0.4 is 15.8 Å². The Morgan fingerprint density at radius 3 is 2.82 bits per heavy atom. The lowest BCUT2D eigenvalue weighted by Gasteiger charge is -2.12. The van der Waals surface area contributed by atoms with Crippen LogP contribution in [0.1, 0.15) is 19.8 Å². The Hall–Kier alpha value is -1.62. The number of carbonyl (C=O) groups excluding carboxylic acids is 1. The maximum atomic E-state index is 13.2. The fourth-order valence-electron chi connectivity index (χ4n) is 1.43. The van der Waals surface area contributed by atoms with Crippen molar-refractivity contribution in [3.05, 3.63) is 24.0 Å². The van der Waals surface area contributed by atoms with Gasteiger partial charge in [-0.05, 0) is 12.5 Å². The van der Waals surface area contributed by atoms with Gasteiger partial charge in [0.15, 0.2) is 0 Å². The molecule has 0 heterocycles. The Morgan fingerprint density at radius 1 is 1.53 bits per heavy atom. The number of hydrogen-bond donors (Lipinski definition) is 2. The van der Waals surface area contributed by atoms with E-state index in [0.717, 1.165) is 6.42 Å². The minimum Gasteiger partial charge on any atom is -0.497 e. The van der Waals surface area contributed by atoms with E-state index in [9.17, 15) is 9.18 Å². The van der Waals surface area contributed by atoms with Crippen LogP contribution in [0.5, 0.6) is 5.75 Å². The minimum atomic E-state index is -0.575. The number of anilines is 1. The van der Waals surface area contributed by atoms with Gasteiger partial charge in [0, 0.05) is 17.8 Å². The first kappa shape index (κ1) is 13.4. The Kier molecular flexibility index (Phi) is 4.90. The highest BCUT2D eigenvalue weighted by Gasteiger charge is 2.13. The summed E-state index contributed by atoms with van der Waals surface area (Å²) in [6, 6.07) is 3.43. The third kappa shape index (κ3) is 4.03. The summed E-state index contributed by atoms with van der Waals surface area (Å²) >= 11 is 0. The normalized spacial score (nSPS) is 12.0. The molecule has 0 aliphatic heterocycles. The van der Waals surface area contributed by atoms with Crippen LogP contribution in [0, 0.1) is 5.82 Å². The van der Waals surface area contributed by atoms with Gasteiger partial charge in [0.1, 0.15) is 11.6 Å². The topological polar surface area (TPSA) is 64.4 Å². The summed E-state index contributed by atoms with van der Waals surface area (Å²) in [5.74, 6) is -0.437. The number of rotatable bonds is 5. The number of halogens is 1. The highest BCUT2D eigenvalue weighted by Crippen LogP contribution is 2.19. The van der Waals surface area contributed by atoms with E-state index in [1.165, 1.54) is 19.2 Å². The van der Waals surface area contributed by atoms with E-state index in [1.807, 2.05) is 6.92 Å². The number of benzene rings is 1. The molecule has 0 unspecified atom stereocenters. The Morgan fingerprint density at radius 2 is 2.24 bits per heavy atom. The predicted molar refractivity (Wildman–Crippen MR) is 64.5 cm³/mol. The van der Waals surface area contributed by atoms with Crippen LogP contribution in [0.4, 0.5) is 10.1 Å². The molecule has 5 heteroatoms. The average molecular weight is 240 g/mol. The largest absolute Gasteiger partial charge is 0.497 e. The van der Waals surface area contributed by atoms with Crippen LogP contribution in [-0.2, 0) is 4.79 Å². The minimum absolute atomic E-state index is 0.320. The van der Waals surface area contributed by atoms with Crippen molar-refractivity contribution in [2.75, 3.05) is 12.4 Å². The summed E-state index contributed by atoms with van der Waals surface area (Å²) in [4.78, 5) is 11.6. The Balaban J connectivity index is 2.74. The second kappa shape index (κ2) is 6.20. The molecule has 0 spiro atoms. The Labute approximate surface area is 100.0 Å². The van der Waals surface area contributed by atoms with Gasteiger partial charge < -0.3 is 15.8 Å². The van der Waals surface area contributed by atoms with Crippen molar-refractivity contribution < 1.29 is 13.9 Å². The van der Waals surface area contributed by atoms with Crippen molar-refractivity contribution >= 4 is 11.6 Å². The molecule has 0 radical (unpaired) electrons. The molecule has 1 aromatic carbocycles. The van der Waals surface area contributed by atoms with Crippen molar-refractivity contribution in [2.24, 2.45) is 5.73 Å². The molecule has 0 aliphatic rings. The number of ether oxygens (including phenoxy) is 1. The molecule has 0 aliphatic carbocycles. The lowest BCUT2D eigenvalue weighted by Crippen LogP contribution is -2.35. The van der Waals surface area contributed by atoms with Gasteiger partial charge in [-0.3, -0.25) is 4.79 Å². The highest BCUT2D eigenvalue weighted by molar-refractivity contribution is 5.94. The highest BCUT2D eigenvalue weighted by atomic mass is 19.1. The number of nitrogens with one attached hydrogen (secondary N) is 1. The first-order chi connectivity index (χ1) is 8.06. The van der Waals surface area contributed by atoms with E-state index < -0.39 is 11.9 Å². The fraction of sp³-hybridized carbons (Fsp3) is 0.417. The molecular weight excluding hydrogens is 223 g/mol. The van der Waals surface area contributed by atoms with Crippen molar-refractivity contribution in [3.63, 3.8) is 0 Å². The van der Waals surface area contributed by atoms with Gasteiger partial charge in [-0.15, -0.1) is 0 Å². The van der Waals surface area contributed by atoms with Gasteiger partial charge in [-0.1, -0.05) is 13.3 Å². The molecule has 0 fully saturated rings. The van der Waals surface area contributed by atoms with Gasteiger partial charge in [-0.25, -0.2) is 4.39 Å². The molecule has 94 valence electrons. The second-order valence-electron chi connectivity index (χ2n) is 3.76. The number of hydrogen-bond acceptors (Lipinski definition) is 3. The molecule has 3 N–H and O–H groups in total. The SMILES string of the molecule is CCC[C@@H](N)C(=O)Nc1cc(F)cc(OC)c1. The molecule has 0 saturated heterocycles. The van der Waals surface area contributed by atoms with Crippen LogP contribution in [0.2, 0.25) is 0 Å². The Bertz CT molecular complexity index is 396.